The standard InChI is InChI=1S/C23H29NO5S/c1-2-3-4-5-18(25)15-6-8-16(9-7-15)22(19-11-12-20(30-19)23(27)28)29-14-17-10-13-21(26)24-17/h6-9,11-12,17-18,22,25H,2-5,10,13-14H2,1H3,(H,24,26)(H,27,28). The molecule has 7 heteroatoms. The second kappa shape index (κ2) is 10.7. The molecule has 0 bridgehead atoms. The van der Waals surface area contributed by atoms with Crippen LogP contribution in [0.1, 0.15) is 83.3 Å². The highest BCUT2D eigenvalue weighted by atomic mass is 32.1. The lowest BCUT2D eigenvalue weighted by atomic mass is 10.00. The minimum absolute atomic E-state index is 0.0291. The third-order valence-electron chi connectivity index (χ3n) is 5.35. The van der Waals surface area contributed by atoms with Crippen molar-refractivity contribution < 1.29 is 24.5 Å². The normalized spacial score (nSPS) is 18.2. The van der Waals surface area contributed by atoms with E-state index in [2.05, 4.69) is 12.2 Å². The van der Waals surface area contributed by atoms with E-state index in [9.17, 15) is 19.8 Å². The van der Waals surface area contributed by atoms with E-state index < -0.39 is 18.2 Å². The van der Waals surface area contributed by atoms with Crippen molar-refractivity contribution in [3.05, 3.63) is 57.3 Å². The van der Waals surface area contributed by atoms with E-state index in [-0.39, 0.29) is 16.8 Å². The van der Waals surface area contributed by atoms with Crippen molar-refractivity contribution in [1.29, 1.82) is 0 Å². The molecule has 2 heterocycles. The number of hydrogen-bond donors (Lipinski definition) is 3. The van der Waals surface area contributed by atoms with Gasteiger partial charge in [0.25, 0.3) is 0 Å². The minimum Gasteiger partial charge on any atom is -0.477 e. The number of rotatable bonds is 11. The lowest BCUT2D eigenvalue weighted by Crippen LogP contribution is -2.30. The van der Waals surface area contributed by atoms with Crippen LogP contribution in [-0.4, -0.2) is 34.7 Å². The zero-order valence-electron chi connectivity index (χ0n) is 17.2. The zero-order chi connectivity index (χ0) is 21.5. The number of thiophene rings is 1. The number of unbranched alkanes of at least 4 members (excludes halogenated alkanes) is 2. The van der Waals surface area contributed by atoms with Gasteiger partial charge in [0.15, 0.2) is 0 Å². The molecular formula is C23H29NO5S. The second-order valence-corrected chi connectivity index (χ2v) is 8.82. The second-order valence-electron chi connectivity index (χ2n) is 7.70. The number of nitrogens with one attached hydrogen (secondary N) is 1. The molecule has 162 valence electrons. The summed E-state index contributed by atoms with van der Waals surface area (Å²) in [5.74, 6) is -0.926. The zero-order valence-corrected chi connectivity index (χ0v) is 18.0. The van der Waals surface area contributed by atoms with Crippen LogP contribution in [0.2, 0.25) is 0 Å². The summed E-state index contributed by atoms with van der Waals surface area (Å²) >= 11 is 1.19. The van der Waals surface area contributed by atoms with Crippen LogP contribution < -0.4 is 5.32 Å². The molecule has 3 unspecified atom stereocenters. The van der Waals surface area contributed by atoms with Crippen molar-refractivity contribution in [2.45, 2.75) is 63.7 Å². The van der Waals surface area contributed by atoms with E-state index in [1.807, 2.05) is 24.3 Å². The first kappa shape index (κ1) is 22.5. The van der Waals surface area contributed by atoms with Gasteiger partial charge in [-0.15, -0.1) is 11.3 Å². The molecule has 1 aromatic carbocycles. The van der Waals surface area contributed by atoms with Gasteiger partial charge in [0.05, 0.1) is 18.8 Å². The van der Waals surface area contributed by atoms with Gasteiger partial charge >= 0.3 is 5.97 Å². The molecule has 0 radical (unpaired) electrons. The number of hydrogen-bond acceptors (Lipinski definition) is 5. The molecule has 6 nitrogen and oxygen atoms in total. The highest BCUT2D eigenvalue weighted by Gasteiger charge is 2.25. The van der Waals surface area contributed by atoms with Crippen molar-refractivity contribution in [3.63, 3.8) is 0 Å². The van der Waals surface area contributed by atoms with Crippen molar-refractivity contribution in [1.82, 2.24) is 5.32 Å². The average Bonchev–Trinajstić information content (AvgIpc) is 3.38. The Hall–Kier alpha value is -2.22. The summed E-state index contributed by atoms with van der Waals surface area (Å²) in [7, 11) is 0. The van der Waals surface area contributed by atoms with Gasteiger partial charge in [-0.05, 0) is 36.1 Å². The molecule has 3 atom stereocenters. The Bertz CT molecular complexity index is 848. The van der Waals surface area contributed by atoms with Crippen LogP contribution in [0.15, 0.2) is 36.4 Å². The van der Waals surface area contributed by atoms with Crippen LogP contribution in [0.4, 0.5) is 0 Å². The lowest BCUT2D eigenvalue weighted by Gasteiger charge is -2.20. The number of aromatic carboxylic acids is 1. The van der Waals surface area contributed by atoms with Crippen LogP contribution in [-0.2, 0) is 9.53 Å². The Morgan fingerprint density at radius 3 is 2.53 bits per heavy atom. The first-order chi connectivity index (χ1) is 14.5. The topological polar surface area (TPSA) is 95.9 Å². The maximum absolute atomic E-state index is 11.5. The number of carboxylic acids is 1. The fourth-order valence-electron chi connectivity index (χ4n) is 3.61. The first-order valence-corrected chi connectivity index (χ1v) is 11.3. The molecule has 1 aromatic heterocycles. The summed E-state index contributed by atoms with van der Waals surface area (Å²) in [6.45, 7) is 2.50. The number of aliphatic hydroxyl groups excluding tert-OH is 1. The molecule has 0 saturated carbocycles. The molecule has 1 amide bonds. The Labute approximate surface area is 180 Å². The highest BCUT2D eigenvalue weighted by Crippen LogP contribution is 2.33. The predicted octanol–water partition coefficient (Wildman–Crippen LogP) is 4.44. The van der Waals surface area contributed by atoms with Gasteiger partial charge in [-0.3, -0.25) is 4.79 Å². The molecule has 1 aliphatic rings. The third kappa shape index (κ3) is 5.90. The van der Waals surface area contributed by atoms with Crippen molar-refractivity contribution in [2.75, 3.05) is 6.61 Å². The summed E-state index contributed by atoms with van der Waals surface area (Å²) in [5.41, 5.74) is 1.76. The number of carbonyl (C=O) groups is 2. The van der Waals surface area contributed by atoms with E-state index >= 15 is 0 Å². The fourth-order valence-corrected chi connectivity index (χ4v) is 4.54. The van der Waals surface area contributed by atoms with Crippen molar-refractivity contribution >= 4 is 23.2 Å². The average molecular weight is 432 g/mol. The SMILES string of the molecule is CCCCCC(O)c1ccc(C(OCC2CCC(=O)N2)c2ccc(C(=O)O)s2)cc1. The Kier molecular flexibility index (Phi) is 8.01. The molecule has 3 N–H and O–H groups in total. The molecule has 30 heavy (non-hydrogen) atoms. The Balaban J connectivity index is 1.74. The highest BCUT2D eigenvalue weighted by molar-refractivity contribution is 7.14. The number of ether oxygens (including phenoxy) is 1. The van der Waals surface area contributed by atoms with Crippen LogP contribution >= 0.6 is 11.3 Å². The van der Waals surface area contributed by atoms with Crippen LogP contribution in [0.5, 0.6) is 0 Å². The maximum Gasteiger partial charge on any atom is 0.345 e. The molecule has 1 aliphatic heterocycles. The van der Waals surface area contributed by atoms with Crippen molar-refractivity contribution in [2.24, 2.45) is 0 Å². The lowest BCUT2D eigenvalue weighted by molar-refractivity contribution is -0.119. The third-order valence-corrected chi connectivity index (χ3v) is 6.47. The van der Waals surface area contributed by atoms with E-state index in [0.29, 0.717) is 13.0 Å². The van der Waals surface area contributed by atoms with E-state index in [1.54, 1.807) is 12.1 Å². The van der Waals surface area contributed by atoms with E-state index in [4.69, 9.17) is 4.74 Å². The molecule has 1 fully saturated rings. The summed E-state index contributed by atoms with van der Waals surface area (Å²) in [4.78, 5) is 23.8. The number of carbonyl (C=O) groups excluding carboxylic acids is 1. The first-order valence-electron chi connectivity index (χ1n) is 10.5. The quantitative estimate of drug-likeness (QED) is 0.457. The van der Waals surface area contributed by atoms with Gasteiger partial charge in [-0.25, -0.2) is 4.79 Å². The van der Waals surface area contributed by atoms with Gasteiger partial charge in [0.1, 0.15) is 11.0 Å². The number of amides is 1. The van der Waals surface area contributed by atoms with Crippen LogP contribution in [0, 0.1) is 0 Å². The van der Waals surface area contributed by atoms with Gasteiger partial charge in [-0.2, -0.15) is 0 Å². The molecule has 0 aliphatic carbocycles. The Morgan fingerprint density at radius 2 is 1.93 bits per heavy atom. The van der Waals surface area contributed by atoms with Crippen LogP contribution in [0.3, 0.4) is 0 Å². The molecule has 1 saturated heterocycles. The molecule has 0 spiro atoms. The van der Waals surface area contributed by atoms with E-state index in [1.165, 1.54) is 11.3 Å². The molecular weight excluding hydrogens is 402 g/mol. The largest absolute Gasteiger partial charge is 0.477 e. The van der Waals surface area contributed by atoms with Crippen molar-refractivity contribution in [3.8, 4) is 0 Å². The van der Waals surface area contributed by atoms with Gasteiger partial charge < -0.3 is 20.3 Å². The number of carboxylic acid groups (broad SMARTS) is 1. The summed E-state index contributed by atoms with van der Waals surface area (Å²) in [5, 5.41) is 22.6. The molecule has 2 aromatic rings. The Morgan fingerprint density at radius 1 is 1.20 bits per heavy atom. The fraction of sp³-hybridized carbons (Fsp3) is 0.478. The predicted molar refractivity (Wildman–Crippen MR) is 116 cm³/mol. The number of benzene rings is 1. The van der Waals surface area contributed by atoms with Crippen LogP contribution in [0.25, 0.3) is 0 Å². The monoisotopic (exact) mass is 431 g/mol. The summed E-state index contributed by atoms with van der Waals surface area (Å²) < 4.78 is 6.16. The minimum atomic E-state index is -0.960. The smallest absolute Gasteiger partial charge is 0.345 e. The summed E-state index contributed by atoms with van der Waals surface area (Å²) in [6.07, 6.45) is 4.28. The molecule has 3 rings (SSSR count). The van der Waals surface area contributed by atoms with E-state index in [0.717, 1.165) is 48.1 Å². The van der Waals surface area contributed by atoms with Gasteiger partial charge in [-0.1, -0.05) is 50.5 Å². The van der Waals surface area contributed by atoms with Gasteiger partial charge in [0.2, 0.25) is 5.91 Å². The van der Waals surface area contributed by atoms with Gasteiger partial charge in [0, 0.05) is 11.3 Å². The number of aliphatic hydroxyl groups is 1. The maximum atomic E-state index is 11.5. The summed E-state index contributed by atoms with van der Waals surface area (Å²) in [6, 6.07) is 11.0.